The number of rotatable bonds is 2. The zero-order valence-electron chi connectivity index (χ0n) is 9.97. The molecule has 2 aromatic rings. The highest BCUT2D eigenvalue weighted by Crippen LogP contribution is 2.38. The van der Waals surface area contributed by atoms with Crippen LogP contribution in [-0.4, -0.2) is 21.1 Å². The van der Waals surface area contributed by atoms with Crippen LogP contribution in [0.1, 0.15) is 37.7 Å². The summed E-state index contributed by atoms with van der Waals surface area (Å²) in [5.41, 5.74) is 8.31. The molecule has 17 heavy (non-hydrogen) atoms. The first-order chi connectivity index (χ1) is 8.34. The van der Waals surface area contributed by atoms with Crippen LogP contribution in [0.4, 0.5) is 0 Å². The van der Waals surface area contributed by atoms with Gasteiger partial charge in [-0.05, 0) is 18.4 Å². The van der Waals surface area contributed by atoms with E-state index in [-0.39, 0.29) is 5.41 Å². The van der Waals surface area contributed by atoms with Crippen LogP contribution < -0.4 is 5.73 Å². The lowest BCUT2D eigenvalue weighted by molar-refractivity contribution is 0.299. The summed E-state index contributed by atoms with van der Waals surface area (Å²) >= 11 is 0. The summed E-state index contributed by atoms with van der Waals surface area (Å²) in [5.74, 6) is 0. The first-order valence-corrected chi connectivity index (χ1v) is 6.34. The average Bonchev–Trinajstić information content (AvgIpc) is 2.86. The summed E-state index contributed by atoms with van der Waals surface area (Å²) in [6.07, 6.45) is 12.1. The van der Waals surface area contributed by atoms with E-state index in [2.05, 4.69) is 16.3 Å². The molecule has 2 aromatic heterocycles. The van der Waals surface area contributed by atoms with Crippen molar-refractivity contribution in [2.24, 2.45) is 5.73 Å². The summed E-state index contributed by atoms with van der Waals surface area (Å²) in [4.78, 5) is 4.45. The van der Waals surface area contributed by atoms with Gasteiger partial charge in [-0.1, -0.05) is 19.3 Å². The van der Waals surface area contributed by atoms with E-state index in [1.807, 2.05) is 16.8 Å². The van der Waals surface area contributed by atoms with Gasteiger partial charge in [0.15, 0.2) is 5.65 Å². The largest absolute Gasteiger partial charge is 0.330 e. The molecule has 0 unspecified atom stereocenters. The normalized spacial score (nSPS) is 19.6. The quantitative estimate of drug-likeness (QED) is 0.857. The Balaban J connectivity index is 2.04. The van der Waals surface area contributed by atoms with Gasteiger partial charge in [0, 0.05) is 30.4 Å². The second kappa shape index (κ2) is 4.11. The number of nitrogens with two attached hydrogens (primary N) is 1. The van der Waals surface area contributed by atoms with Crippen molar-refractivity contribution in [2.45, 2.75) is 37.5 Å². The van der Waals surface area contributed by atoms with Gasteiger partial charge < -0.3 is 5.73 Å². The summed E-state index contributed by atoms with van der Waals surface area (Å²) < 4.78 is 1.85. The van der Waals surface area contributed by atoms with Gasteiger partial charge in [0.05, 0.1) is 6.20 Å². The molecule has 0 aliphatic heterocycles. The van der Waals surface area contributed by atoms with Crippen LogP contribution >= 0.6 is 0 Å². The van der Waals surface area contributed by atoms with Gasteiger partial charge in [0.2, 0.25) is 0 Å². The second-order valence-electron chi connectivity index (χ2n) is 5.02. The number of fused-ring (bicyclic) bond motifs is 1. The zero-order valence-corrected chi connectivity index (χ0v) is 9.97. The van der Waals surface area contributed by atoms with E-state index in [4.69, 9.17) is 5.73 Å². The highest BCUT2D eigenvalue weighted by molar-refractivity contribution is 5.37. The van der Waals surface area contributed by atoms with Gasteiger partial charge in [-0.25, -0.2) is 9.50 Å². The Morgan fingerprint density at radius 2 is 2.12 bits per heavy atom. The van der Waals surface area contributed by atoms with Crippen molar-refractivity contribution in [2.75, 3.05) is 6.54 Å². The van der Waals surface area contributed by atoms with Crippen molar-refractivity contribution in [3.63, 3.8) is 0 Å². The molecule has 2 heterocycles. The zero-order chi connectivity index (χ0) is 11.7. The molecule has 0 bridgehead atoms. The minimum absolute atomic E-state index is 0.130. The minimum atomic E-state index is 0.130. The predicted octanol–water partition coefficient (Wildman–Crippen LogP) is 1.89. The molecule has 0 saturated heterocycles. The van der Waals surface area contributed by atoms with E-state index in [0.717, 1.165) is 5.65 Å². The van der Waals surface area contributed by atoms with Crippen molar-refractivity contribution >= 4 is 5.65 Å². The van der Waals surface area contributed by atoms with Crippen LogP contribution in [0.25, 0.3) is 5.65 Å². The van der Waals surface area contributed by atoms with Crippen LogP contribution in [0.15, 0.2) is 24.7 Å². The van der Waals surface area contributed by atoms with Gasteiger partial charge >= 0.3 is 0 Å². The lowest BCUT2D eigenvalue weighted by Gasteiger charge is -2.36. The van der Waals surface area contributed by atoms with E-state index in [1.165, 1.54) is 37.7 Å². The standard InChI is InChI=1S/C13H18N4/c14-10-13(5-2-1-3-6-13)11-8-15-12-4-7-16-17(12)9-11/h4,7-9H,1-3,5-6,10,14H2. The van der Waals surface area contributed by atoms with Gasteiger partial charge in [0.1, 0.15) is 0 Å². The van der Waals surface area contributed by atoms with Gasteiger partial charge in [-0.2, -0.15) is 5.10 Å². The summed E-state index contributed by atoms with van der Waals surface area (Å²) in [6, 6.07) is 1.92. The number of hydrogen-bond acceptors (Lipinski definition) is 3. The fourth-order valence-corrected chi connectivity index (χ4v) is 2.92. The molecule has 3 rings (SSSR count). The van der Waals surface area contributed by atoms with E-state index in [9.17, 15) is 0 Å². The first-order valence-electron chi connectivity index (χ1n) is 6.34. The maximum atomic E-state index is 6.03. The minimum Gasteiger partial charge on any atom is -0.330 e. The molecule has 2 N–H and O–H groups in total. The predicted molar refractivity (Wildman–Crippen MR) is 66.8 cm³/mol. The Bertz CT molecular complexity index is 511. The fraction of sp³-hybridized carbons (Fsp3) is 0.538. The van der Waals surface area contributed by atoms with E-state index in [1.54, 1.807) is 6.20 Å². The van der Waals surface area contributed by atoms with Crippen molar-refractivity contribution in [1.29, 1.82) is 0 Å². The molecule has 4 heteroatoms. The van der Waals surface area contributed by atoms with Crippen molar-refractivity contribution in [1.82, 2.24) is 14.6 Å². The summed E-state index contributed by atoms with van der Waals surface area (Å²) in [5, 5.41) is 4.25. The molecule has 0 radical (unpaired) electrons. The maximum absolute atomic E-state index is 6.03. The average molecular weight is 230 g/mol. The van der Waals surface area contributed by atoms with Crippen LogP contribution in [0.3, 0.4) is 0 Å². The molecule has 0 aromatic carbocycles. The molecule has 1 fully saturated rings. The smallest absolute Gasteiger partial charge is 0.154 e. The summed E-state index contributed by atoms with van der Waals surface area (Å²) in [6.45, 7) is 0.710. The number of aromatic nitrogens is 3. The second-order valence-corrected chi connectivity index (χ2v) is 5.02. The summed E-state index contributed by atoms with van der Waals surface area (Å²) in [7, 11) is 0. The van der Waals surface area contributed by atoms with Crippen molar-refractivity contribution in [3.05, 3.63) is 30.2 Å². The van der Waals surface area contributed by atoms with Gasteiger partial charge in [0.25, 0.3) is 0 Å². The third-order valence-electron chi connectivity index (χ3n) is 4.06. The van der Waals surface area contributed by atoms with E-state index < -0.39 is 0 Å². The third-order valence-corrected chi connectivity index (χ3v) is 4.06. The van der Waals surface area contributed by atoms with Crippen molar-refractivity contribution < 1.29 is 0 Å². The Labute approximate surface area is 101 Å². The molecule has 1 aliphatic carbocycles. The Morgan fingerprint density at radius 3 is 2.88 bits per heavy atom. The Hall–Kier alpha value is -1.42. The third kappa shape index (κ3) is 1.72. The lowest BCUT2D eigenvalue weighted by atomic mass is 9.70. The highest BCUT2D eigenvalue weighted by Gasteiger charge is 2.33. The number of nitrogens with zero attached hydrogens (tertiary/aromatic N) is 3. The van der Waals surface area contributed by atoms with Crippen molar-refractivity contribution in [3.8, 4) is 0 Å². The van der Waals surface area contributed by atoms with Crippen LogP contribution in [0, 0.1) is 0 Å². The lowest BCUT2D eigenvalue weighted by Crippen LogP contribution is -2.37. The number of hydrogen-bond donors (Lipinski definition) is 1. The van der Waals surface area contributed by atoms with Gasteiger partial charge in [-0.3, -0.25) is 0 Å². The molecular formula is C13H18N4. The Kier molecular flexibility index (Phi) is 2.59. The molecule has 0 spiro atoms. The molecule has 0 atom stereocenters. The fourth-order valence-electron chi connectivity index (χ4n) is 2.92. The molecule has 90 valence electrons. The maximum Gasteiger partial charge on any atom is 0.154 e. The molecule has 1 aliphatic rings. The van der Waals surface area contributed by atoms with E-state index in [0.29, 0.717) is 6.54 Å². The molecule has 0 amide bonds. The van der Waals surface area contributed by atoms with Crippen LogP contribution in [0.2, 0.25) is 0 Å². The van der Waals surface area contributed by atoms with Crippen LogP contribution in [-0.2, 0) is 5.41 Å². The molecule has 1 saturated carbocycles. The highest BCUT2D eigenvalue weighted by atomic mass is 15.2. The SMILES string of the molecule is NCC1(c2cnc3ccnn3c2)CCCCC1. The molecule has 4 nitrogen and oxygen atoms in total. The topological polar surface area (TPSA) is 56.2 Å². The van der Waals surface area contributed by atoms with E-state index >= 15 is 0 Å². The van der Waals surface area contributed by atoms with Crippen LogP contribution in [0.5, 0.6) is 0 Å². The van der Waals surface area contributed by atoms with Gasteiger partial charge in [-0.15, -0.1) is 0 Å². The monoisotopic (exact) mass is 230 g/mol. The first kappa shape index (κ1) is 10.7. The Morgan fingerprint density at radius 1 is 1.29 bits per heavy atom. The molecular weight excluding hydrogens is 212 g/mol.